The number of aromatic nitrogens is 3. The van der Waals surface area contributed by atoms with E-state index in [4.69, 9.17) is 17.0 Å². The monoisotopic (exact) mass is 483 g/mol. The van der Waals surface area contributed by atoms with Crippen LogP contribution in [0.5, 0.6) is 5.75 Å². The summed E-state index contributed by atoms with van der Waals surface area (Å²) in [5.74, 6) is 1.76. The number of benzene rings is 1. The van der Waals surface area contributed by atoms with Crippen molar-refractivity contribution >= 4 is 17.3 Å². The van der Waals surface area contributed by atoms with Gasteiger partial charge in [0, 0.05) is 30.3 Å². The molecule has 4 aromatic rings. The second-order valence-corrected chi connectivity index (χ2v) is 9.34. The zero-order valence-electron chi connectivity index (χ0n) is 20.4. The Kier molecular flexibility index (Phi) is 6.26. The van der Waals surface area contributed by atoms with E-state index in [1.54, 1.807) is 7.11 Å². The molecule has 0 aliphatic carbocycles. The van der Waals surface area contributed by atoms with Crippen LogP contribution in [0.4, 0.5) is 0 Å². The quantitative estimate of drug-likeness (QED) is 0.372. The standard InChI is InChI=1S/C28H29N5OS/c1-18-8-13-25(30-16-18)33-19(2)15-23(20(33)3)27-26(24-7-5-6-14-29-24)31-28(35)32(27)17-21-9-11-22(34-4)12-10-21/h5-16,26-27H,17H2,1-4H3,(H,31,35)/t26-,27-/m0/s1. The third-order valence-electron chi connectivity index (χ3n) is 6.62. The van der Waals surface area contributed by atoms with Crippen LogP contribution >= 0.6 is 12.2 Å². The molecule has 0 amide bonds. The predicted molar refractivity (Wildman–Crippen MR) is 142 cm³/mol. The molecule has 7 heteroatoms. The van der Waals surface area contributed by atoms with Crippen LogP contribution in [0.3, 0.4) is 0 Å². The number of rotatable bonds is 6. The van der Waals surface area contributed by atoms with Gasteiger partial charge in [0.05, 0.1) is 24.9 Å². The molecule has 1 aliphatic heterocycles. The first-order valence-electron chi connectivity index (χ1n) is 11.7. The number of hydrogen-bond donors (Lipinski definition) is 1. The summed E-state index contributed by atoms with van der Waals surface area (Å²) in [5, 5.41) is 4.28. The van der Waals surface area contributed by atoms with Gasteiger partial charge in [-0.05, 0) is 86.1 Å². The highest BCUT2D eigenvalue weighted by Crippen LogP contribution is 2.42. The predicted octanol–water partition coefficient (Wildman–Crippen LogP) is 5.37. The largest absolute Gasteiger partial charge is 0.497 e. The second kappa shape index (κ2) is 9.50. The Bertz CT molecular complexity index is 1330. The molecule has 0 spiro atoms. The molecule has 4 heterocycles. The minimum Gasteiger partial charge on any atom is -0.497 e. The molecular weight excluding hydrogens is 454 g/mol. The number of nitrogens with one attached hydrogen (secondary N) is 1. The van der Waals surface area contributed by atoms with E-state index in [0.717, 1.165) is 44.9 Å². The van der Waals surface area contributed by atoms with Gasteiger partial charge in [-0.1, -0.05) is 24.3 Å². The second-order valence-electron chi connectivity index (χ2n) is 8.96. The Labute approximate surface area is 211 Å². The van der Waals surface area contributed by atoms with E-state index in [1.165, 1.54) is 5.56 Å². The third-order valence-corrected chi connectivity index (χ3v) is 6.98. The lowest BCUT2D eigenvalue weighted by atomic mass is 9.96. The van der Waals surface area contributed by atoms with Gasteiger partial charge in [0.1, 0.15) is 11.6 Å². The molecule has 1 aromatic carbocycles. The van der Waals surface area contributed by atoms with Gasteiger partial charge in [-0.25, -0.2) is 4.98 Å². The SMILES string of the molecule is COc1ccc(CN2C(=S)N[C@@H](c3ccccn3)[C@@H]2c2cc(C)n(-c3ccc(C)cn3)c2C)cc1. The molecule has 3 aromatic heterocycles. The lowest BCUT2D eigenvalue weighted by Gasteiger charge is -2.28. The Balaban J connectivity index is 1.59. The lowest BCUT2D eigenvalue weighted by Crippen LogP contribution is -2.29. The van der Waals surface area contributed by atoms with Crippen LogP contribution in [0.25, 0.3) is 5.82 Å². The van der Waals surface area contributed by atoms with Crippen LogP contribution in [0.15, 0.2) is 73.1 Å². The first kappa shape index (κ1) is 23.1. The Morgan fingerprint density at radius 3 is 2.46 bits per heavy atom. The van der Waals surface area contributed by atoms with E-state index >= 15 is 0 Å². The van der Waals surface area contributed by atoms with Crippen LogP contribution < -0.4 is 10.1 Å². The van der Waals surface area contributed by atoms with Gasteiger partial charge >= 0.3 is 0 Å². The smallest absolute Gasteiger partial charge is 0.170 e. The van der Waals surface area contributed by atoms with Gasteiger partial charge in [0.2, 0.25) is 0 Å². The van der Waals surface area contributed by atoms with E-state index in [1.807, 2.05) is 36.7 Å². The van der Waals surface area contributed by atoms with Crippen molar-refractivity contribution in [3.05, 3.63) is 107 Å². The Morgan fingerprint density at radius 1 is 1.00 bits per heavy atom. The summed E-state index contributed by atoms with van der Waals surface area (Å²) >= 11 is 5.88. The highest BCUT2D eigenvalue weighted by atomic mass is 32.1. The van der Waals surface area contributed by atoms with E-state index in [-0.39, 0.29) is 12.1 Å². The summed E-state index contributed by atoms with van der Waals surface area (Å²) in [6.07, 6.45) is 3.75. The Morgan fingerprint density at radius 2 is 1.80 bits per heavy atom. The summed E-state index contributed by atoms with van der Waals surface area (Å²) in [6, 6.07) is 20.5. The summed E-state index contributed by atoms with van der Waals surface area (Å²) in [6.45, 7) is 7.02. The number of pyridine rings is 2. The summed E-state index contributed by atoms with van der Waals surface area (Å²) in [4.78, 5) is 11.6. The first-order chi connectivity index (χ1) is 17.0. The van der Waals surface area contributed by atoms with Gasteiger partial charge in [0.25, 0.3) is 0 Å². The van der Waals surface area contributed by atoms with Crippen LogP contribution in [0.1, 0.15) is 45.9 Å². The maximum Gasteiger partial charge on any atom is 0.170 e. The highest BCUT2D eigenvalue weighted by molar-refractivity contribution is 7.80. The summed E-state index contributed by atoms with van der Waals surface area (Å²) in [7, 11) is 1.68. The van der Waals surface area contributed by atoms with Crippen molar-refractivity contribution < 1.29 is 4.74 Å². The zero-order valence-corrected chi connectivity index (χ0v) is 21.2. The summed E-state index contributed by atoms with van der Waals surface area (Å²) in [5.41, 5.74) is 6.77. The maximum absolute atomic E-state index is 5.88. The fourth-order valence-electron chi connectivity index (χ4n) is 4.87. The van der Waals surface area contributed by atoms with Crippen molar-refractivity contribution in [3.8, 4) is 11.6 Å². The van der Waals surface area contributed by atoms with Gasteiger partial charge in [-0.3, -0.25) is 4.98 Å². The minimum atomic E-state index is -0.0677. The molecule has 6 nitrogen and oxygen atoms in total. The minimum absolute atomic E-state index is 0.0232. The number of aryl methyl sites for hydroxylation is 2. The van der Waals surface area contributed by atoms with Crippen molar-refractivity contribution in [1.29, 1.82) is 0 Å². The van der Waals surface area contributed by atoms with Crippen LogP contribution in [-0.4, -0.2) is 31.7 Å². The molecule has 1 N–H and O–H groups in total. The van der Waals surface area contributed by atoms with Crippen molar-refractivity contribution in [2.45, 2.75) is 39.4 Å². The topological polar surface area (TPSA) is 55.2 Å². The van der Waals surface area contributed by atoms with E-state index in [2.05, 4.69) is 81.9 Å². The van der Waals surface area contributed by atoms with Gasteiger partial charge in [-0.2, -0.15) is 0 Å². The van der Waals surface area contributed by atoms with Crippen LogP contribution in [-0.2, 0) is 6.54 Å². The molecule has 1 aliphatic rings. The molecule has 35 heavy (non-hydrogen) atoms. The third kappa shape index (κ3) is 4.39. The van der Waals surface area contributed by atoms with Crippen molar-refractivity contribution in [1.82, 2.24) is 24.8 Å². The average Bonchev–Trinajstić information content (AvgIpc) is 3.35. The van der Waals surface area contributed by atoms with Gasteiger partial charge in [0.15, 0.2) is 5.11 Å². The number of thiocarbonyl (C=S) groups is 1. The molecule has 2 atom stereocenters. The van der Waals surface area contributed by atoms with Crippen LogP contribution in [0, 0.1) is 20.8 Å². The molecule has 1 fully saturated rings. The Hall–Kier alpha value is -3.71. The zero-order chi connectivity index (χ0) is 24.5. The fourth-order valence-corrected chi connectivity index (χ4v) is 5.18. The molecule has 0 bridgehead atoms. The molecule has 0 radical (unpaired) electrons. The fraction of sp³-hybridized carbons (Fsp3) is 0.250. The number of methoxy groups -OCH3 is 1. The van der Waals surface area contributed by atoms with Gasteiger partial charge < -0.3 is 19.5 Å². The van der Waals surface area contributed by atoms with Crippen molar-refractivity contribution in [2.24, 2.45) is 0 Å². The van der Waals surface area contributed by atoms with Crippen molar-refractivity contribution in [2.75, 3.05) is 7.11 Å². The average molecular weight is 484 g/mol. The van der Waals surface area contributed by atoms with E-state index in [0.29, 0.717) is 6.54 Å². The molecule has 5 rings (SSSR count). The van der Waals surface area contributed by atoms with E-state index < -0.39 is 0 Å². The molecule has 0 unspecified atom stereocenters. The molecule has 0 saturated carbocycles. The molecule has 178 valence electrons. The summed E-state index contributed by atoms with van der Waals surface area (Å²) < 4.78 is 7.56. The van der Waals surface area contributed by atoms with Crippen LogP contribution in [0.2, 0.25) is 0 Å². The first-order valence-corrected chi connectivity index (χ1v) is 12.1. The lowest BCUT2D eigenvalue weighted by molar-refractivity contribution is 0.310. The van der Waals surface area contributed by atoms with Gasteiger partial charge in [-0.15, -0.1) is 0 Å². The normalized spacial score (nSPS) is 17.5. The number of nitrogens with zero attached hydrogens (tertiary/aromatic N) is 4. The molecule has 1 saturated heterocycles. The number of hydrogen-bond acceptors (Lipinski definition) is 4. The molecular formula is C28H29N5OS. The van der Waals surface area contributed by atoms with Crippen molar-refractivity contribution in [3.63, 3.8) is 0 Å². The van der Waals surface area contributed by atoms with E-state index in [9.17, 15) is 0 Å². The highest BCUT2D eigenvalue weighted by Gasteiger charge is 2.41. The number of ether oxygens (including phenoxy) is 1. The maximum atomic E-state index is 5.88.